The molecule has 4 fully saturated rings. The van der Waals surface area contributed by atoms with Crippen molar-refractivity contribution in [2.45, 2.75) is 71.4 Å². The Morgan fingerprint density at radius 3 is 2.47 bits per heavy atom. The molecule has 1 amide bonds. The zero-order valence-electron chi connectivity index (χ0n) is 33.2. The van der Waals surface area contributed by atoms with Crippen molar-refractivity contribution >= 4 is 59.6 Å². The van der Waals surface area contributed by atoms with Crippen molar-refractivity contribution in [3.63, 3.8) is 0 Å². The number of benzene rings is 2. The minimum absolute atomic E-state index is 0.0673. The zero-order valence-corrected chi connectivity index (χ0v) is 34.8. The van der Waals surface area contributed by atoms with Crippen LogP contribution < -0.4 is 10.6 Å². The van der Waals surface area contributed by atoms with Gasteiger partial charge in [-0.15, -0.1) is 0 Å². The number of ether oxygens (including phenoxy) is 1. The molecule has 2 unspecified atom stereocenters. The van der Waals surface area contributed by atoms with Crippen molar-refractivity contribution in [3.8, 4) is 22.5 Å². The van der Waals surface area contributed by atoms with Crippen LogP contribution in [-0.4, -0.2) is 85.7 Å². The molecule has 10 rings (SSSR count). The number of pyridine rings is 1. The van der Waals surface area contributed by atoms with Gasteiger partial charge in [-0.25, -0.2) is 14.8 Å². The molecule has 4 bridgehead atoms. The molecule has 0 spiro atoms. The summed E-state index contributed by atoms with van der Waals surface area (Å²) in [6.07, 6.45) is 7.81. The van der Waals surface area contributed by atoms with Gasteiger partial charge in [-0.05, 0) is 98.1 Å². The number of H-pyrrole nitrogens is 1. The van der Waals surface area contributed by atoms with Crippen molar-refractivity contribution in [1.82, 2.24) is 30.0 Å². The first-order valence-electron chi connectivity index (χ1n) is 19.9. The van der Waals surface area contributed by atoms with E-state index in [1.807, 2.05) is 54.1 Å². The summed E-state index contributed by atoms with van der Waals surface area (Å²) in [5, 5.41) is 22.6. The smallest absolute Gasteiger partial charge is 0.355 e. The SMILES string of the molecule is Cc1c(-c2ccc(-c3cc4cccc(C(=O)Nc5nc6ccccc6s5)c4[nH]3)nc2C(=O)O)cnn1CC12CC3(C)CC(C)(C1)CC(OCCNCCS(=O)(=O)O)(C3)C2. The molecule has 308 valence electrons. The fourth-order valence-electron chi connectivity index (χ4n) is 11.6. The Hall–Kier alpha value is -5.00. The minimum Gasteiger partial charge on any atom is -0.476 e. The second-order valence-electron chi connectivity index (χ2n) is 17.8. The van der Waals surface area contributed by atoms with E-state index in [0.29, 0.717) is 58.4 Å². The van der Waals surface area contributed by atoms with Crippen molar-refractivity contribution in [2.24, 2.45) is 16.2 Å². The molecule has 4 aromatic heterocycles. The van der Waals surface area contributed by atoms with E-state index in [1.165, 1.54) is 11.3 Å². The van der Waals surface area contributed by atoms with E-state index in [9.17, 15) is 23.1 Å². The van der Waals surface area contributed by atoms with E-state index in [4.69, 9.17) is 14.4 Å². The zero-order chi connectivity index (χ0) is 41.4. The Labute approximate surface area is 345 Å². The molecule has 4 aliphatic rings. The third kappa shape index (κ3) is 7.68. The van der Waals surface area contributed by atoms with Crippen LogP contribution in [0, 0.1) is 23.2 Å². The molecule has 16 heteroatoms. The average Bonchev–Trinajstić information content (AvgIpc) is 3.87. The summed E-state index contributed by atoms with van der Waals surface area (Å²) in [6, 6.07) is 18.6. The standard InChI is InChI=1S/C43H47N7O7S2/c1-26-30(18-45-50(26)25-42-20-40(2)19-41(3,21-42)23-43(22-40,24-42)57-15-13-44-14-16-59(54,55)56)28-11-12-31(46-36(28)38(52)53)33-17-27-7-6-8-29(35(27)47-33)37(51)49-39-48-32-9-4-5-10-34(32)58-39/h4-12,17-18,44,47H,13-16,19-25H2,1-3H3,(H,52,53)(H,48,49,51)(H,54,55,56). The van der Waals surface area contributed by atoms with Crippen molar-refractivity contribution in [2.75, 3.05) is 30.8 Å². The maximum atomic E-state index is 13.5. The van der Waals surface area contributed by atoms with Gasteiger partial charge in [-0.2, -0.15) is 13.5 Å². The van der Waals surface area contributed by atoms with Gasteiger partial charge in [-0.3, -0.25) is 19.3 Å². The summed E-state index contributed by atoms with van der Waals surface area (Å²) in [7, 11) is -4.02. The second kappa shape index (κ2) is 14.3. The first-order chi connectivity index (χ1) is 28.0. The number of anilines is 1. The van der Waals surface area contributed by atoms with Crippen LogP contribution in [0.1, 0.15) is 78.9 Å². The molecule has 4 aliphatic carbocycles. The number of aromatic carboxylic acids is 1. The first-order valence-corrected chi connectivity index (χ1v) is 22.3. The number of nitrogens with one attached hydrogen (secondary N) is 3. The average molecular weight is 838 g/mol. The summed E-state index contributed by atoms with van der Waals surface area (Å²) >= 11 is 1.40. The Balaban J connectivity index is 0.949. The van der Waals surface area contributed by atoms with Crippen LogP contribution in [0.25, 0.3) is 43.6 Å². The molecule has 4 heterocycles. The number of carboxylic acids is 1. The van der Waals surface area contributed by atoms with Gasteiger partial charge < -0.3 is 20.1 Å². The number of carbonyl (C=O) groups is 2. The Kier molecular flexibility index (Phi) is 9.59. The maximum absolute atomic E-state index is 13.5. The summed E-state index contributed by atoms with van der Waals surface area (Å²) < 4.78 is 41.0. The minimum atomic E-state index is -4.02. The lowest BCUT2D eigenvalue weighted by molar-refractivity contribution is -0.247. The molecule has 0 radical (unpaired) electrons. The molecule has 0 saturated heterocycles. The number of fused-ring (bicyclic) bond motifs is 2. The molecule has 4 saturated carbocycles. The summed E-state index contributed by atoms with van der Waals surface area (Å²) in [4.78, 5) is 38.8. The van der Waals surface area contributed by atoms with Gasteiger partial charge >= 0.3 is 5.97 Å². The number of carbonyl (C=O) groups excluding carboxylic acids is 1. The van der Waals surface area contributed by atoms with Gasteiger partial charge in [0, 0.05) is 41.8 Å². The highest BCUT2D eigenvalue weighted by Crippen LogP contribution is 2.72. The van der Waals surface area contributed by atoms with Gasteiger partial charge in [0.2, 0.25) is 0 Å². The van der Waals surface area contributed by atoms with Crippen LogP contribution in [0.3, 0.4) is 0 Å². The third-order valence-electron chi connectivity index (χ3n) is 12.5. The number of hydrogen-bond acceptors (Lipinski definition) is 10. The van der Waals surface area contributed by atoms with Crippen LogP contribution in [0.15, 0.2) is 66.9 Å². The topological polar surface area (TPSA) is 201 Å². The number of aromatic amines is 1. The Bertz CT molecular complexity index is 2700. The van der Waals surface area contributed by atoms with E-state index in [1.54, 1.807) is 24.4 Å². The summed E-state index contributed by atoms with van der Waals surface area (Å²) in [6.45, 7) is 8.51. The molecule has 2 atom stereocenters. The largest absolute Gasteiger partial charge is 0.476 e. The van der Waals surface area contributed by atoms with Crippen molar-refractivity contribution in [3.05, 3.63) is 83.8 Å². The third-order valence-corrected chi connectivity index (χ3v) is 14.2. The van der Waals surface area contributed by atoms with Crippen LogP contribution in [0.4, 0.5) is 5.13 Å². The number of hydrogen-bond donors (Lipinski definition) is 5. The first kappa shape index (κ1) is 39.5. The number of thiazole rings is 1. The highest BCUT2D eigenvalue weighted by atomic mass is 32.2. The summed E-state index contributed by atoms with van der Waals surface area (Å²) in [5.41, 5.74) is 4.64. The number of nitrogens with zero attached hydrogens (tertiary/aromatic N) is 4. The lowest BCUT2D eigenvalue weighted by atomic mass is 9.39. The highest BCUT2D eigenvalue weighted by Gasteiger charge is 2.66. The summed E-state index contributed by atoms with van der Waals surface area (Å²) in [5.74, 6) is -1.81. The number of amides is 1. The van der Waals surface area contributed by atoms with Gasteiger partial charge in [0.15, 0.2) is 10.8 Å². The molecule has 5 N–H and O–H groups in total. The predicted molar refractivity (Wildman–Crippen MR) is 226 cm³/mol. The molecule has 6 aromatic rings. The van der Waals surface area contributed by atoms with E-state index in [-0.39, 0.29) is 45.7 Å². The van der Waals surface area contributed by atoms with Crippen LogP contribution in [-0.2, 0) is 21.4 Å². The molecule has 59 heavy (non-hydrogen) atoms. The van der Waals surface area contributed by atoms with Gasteiger partial charge in [0.25, 0.3) is 16.0 Å². The van der Waals surface area contributed by atoms with E-state index in [2.05, 4.69) is 39.4 Å². The van der Waals surface area contributed by atoms with Crippen LogP contribution >= 0.6 is 11.3 Å². The fraction of sp³-hybridized carbons (Fsp3) is 0.419. The number of aromatic nitrogens is 5. The van der Waals surface area contributed by atoms with E-state index < -0.39 is 16.1 Å². The molecular weight excluding hydrogens is 791 g/mol. The van der Waals surface area contributed by atoms with Crippen molar-refractivity contribution < 1.29 is 32.4 Å². The number of rotatable bonds is 14. The highest BCUT2D eigenvalue weighted by molar-refractivity contribution is 7.85. The van der Waals surface area contributed by atoms with E-state index in [0.717, 1.165) is 59.8 Å². The van der Waals surface area contributed by atoms with Gasteiger partial charge in [0.1, 0.15) is 0 Å². The molecule has 2 aromatic carbocycles. The number of para-hydroxylation sites is 2. The van der Waals surface area contributed by atoms with Crippen molar-refractivity contribution in [1.29, 1.82) is 0 Å². The maximum Gasteiger partial charge on any atom is 0.355 e. The van der Waals surface area contributed by atoms with Gasteiger partial charge in [-0.1, -0.05) is 49.4 Å². The normalized spacial score (nSPS) is 24.9. The van der Waals surface area contributed by atoms with Crippen LogP contribution in [0.2, 0.25) is 0 Å². The molecular formula is C43H47N7O7S2. The molecule has 0 aliphatic heterocycles. The Morgan fingerprint density at radius 2 is 1.73 bits per heavy atom. The quantitative estimate of drug-likeness (QED) is 0.0535. The number of carboxylic acid groups (broad SMARTS) is 1. The second-order valence-corrected chi connectivity index (χ2v) is 20.4. The van der Waals surface area contributed by atoms with E-state index >= 15 is 0 Å². The fourth-order valence-corrected chi connectivity index (χ4v) is 12.8. The van der Waals surface area contributed by atoms with Crippen LogP contribution in [0.5, 0.6) is 0 Å². The lowest BCUT2D eigenvalue weighted by Crippen LogP contribution is -2.64. The lowest BCUT2D eigenvalue weighted by Gasteiger charge is -2.69. The Morgan fingerprint density at radius 1 is 0.949 bits per heavy atom. The van der Waals surface area contributed by atoms with Gasteiger partial charge in [0.05, 0.1) is 56.8 Å². The monoisotopic (exact) mass is 837 g/mol. The predicted octanol–water partition coefficient (Wildman–Crippen LogP) is 7.58. The molecule has 14 nitrogen and oxygen atoms in total.